The molecule has 2 aliphatic carbocycles. The largest absolute Gasteiger partial charge is 0.483 e. The van der Waals surface area contributed by atoms with Gasteiger partial charge in [0.15, 0.2) is 6.61 Å². The van der Waals surface area contributed by atoms with Crippen molar-refractivity contribution in [2.24, 2.45) is 13.0 Å². The average molecular weight is 421 g/mol. The van der Waals surface area contributed by atoms with Crippen molar-refractivity contribution < 1.29 is 13.9 Å². The molecule has 31 heavy (non-hydrogen) atoms. The molecule has 0 radical (unpaired) electrons. The summed E-state index contributed by atoms with van der Waals surface area (Å²) in [5, 5.41) is 4.06. The number of nitrogens with zero attached hydrogens (tertiary/aromatic N) is 2. The highest BCUT2D eigenvalue weighted by molar-refractivity contribution is 5.86. The molecule has 7 heteroatoms. The maximum absolute atomic E-state index is 12.6. The van der Waals surface area contributed by atoms with Gasteiger partial charge < -0.3 is 19.0 Å². The van der Waals surface area contributed by atoms with Crippen LogP contribution < -0.4 is 15.7 Å². The third-order valence-electron chi connectivity index (χ3n) is 6.50. The standard InChI is InChI=1S/C24H27N3O4/c1-14-19(10-9-17-16-5-3-4-6-18(16)24(29)31-22(14)17)30-13-20(28)26-21(15-7-8-15)23-25-11-12-27(23)2/h9-12,15,21H,3-8,13H2,1-2H3,(H,26,28). The average Bonchev–Trinajstić information content (AvgIpc) is 3.53. The first-order chi connectivity index (χ1) is 15.0. The van der Waals surface area contributed by atoms with Crippen LogP contribution in [0.3, 0.4) is 0 Å². The number of carbonyl (C=O) groups excluding carboxylic acids is 1. The first-order valence-corrected chi connectivity index (χ1v) is 11.0. The quantitative estimate of drug-likeness (QED) is 0.617. The number of carbonyl (C=O) groups is 1. The third-order valence-corrected chi connectivity index (χ3v) is 6.50. The predicted molar refractivity (Wildman–Crippen MR) is 116 cm³/mol. The molecule has 2 aromatic heterocycles. The Hall–Kier alpha value is -3.09. The first kappa shape index (κ1) is 19.8. The molecule has 0 aliphatic heterocycles. The Morgan fingerprint density at radius 3 is 2.77 bits per heavy atom. The maximum atomic E-state index is 12.6. The molecule has 1 fully saturated rings. The van der Waals surface area contributed by atoms with Crippen LogP contribution in [0, 0.1) is 12.8 Å². The number of aromatic nitrogens is 2. The van der Waals surface area contributed by atoms with Crippen LogP contribution in [-0.4, -0.2) is 22.1 Å². The van der Waals surface area contributed by atoms with Crippen molar-refractivity contribution in [1.82, 2.24) is 14.9 Å². The van der Waals surface area contributed by atoms with E-state index in [1.54, 1.807) is 6.20 Å². The highest BCUT2D eigenvalue weighted by Gasteiger charge is 2.35. The number of amides is 1. The topological polar surface area (TPSA) is 86.4 Å². The summed E-state index contributed by atoms with van der Waals surface area (Å²) in [5.74, 6) is 1.66. The summed E-state index contributed by atoms with van der Waals surface area (Å²) >= 11 is 0. The zero-order chi connectivity index (χ0) is 21.5. The van der Waals surface area contributed by atoms with Gasteiger partial charge in [-0.3, -0.25) is 4.79 Å². The Bertz CT molecular complexity index is 1210. The zero-order valence-electron chi connectivity index (χ0n) is 17.9. The Labute approximate surface area is 180 Å². The minimum Gasteiger partial charge on any atom is -0.483 e. The van der Waals surface area contributed by atoms with Crippen molar-refractivity contribution in [3.05, 3.63) is 57.5 Å². The van der Waals surface area contributed by atoms with E-state index in [9.17, 15) is 9.59 Å². The molecule has 1 amide bonds. The molecule has 0 bridgehead atoms. The normalized spacial score (nSPS) is 16.7. The Balaban J connectivity index is 1.34. The Morgan fingerprint density at radius 1 is 1.29 bits per heavy atom. The molecule has 162 valence electrons. The second-order valence-corrected chi connectivity index (χ2v) is 8.69. The van der Waals surface area contributed by atoms with Crippen LogP contribution in [0.1, 0.15) is 54.2 Å². The number of benzene rings is 1. The van der Waals surface area contributed by atoms with Gasteiger partial charge >= 0.3 is 5.63 Å². The fourth-order valence-corrected chi connectivity index (χ4v) is 4.64. The second-order valence-electron chi connectivity index (χ2n) is 8.69. The van der Waals surface area contributed by atoms with Crippen LogP contribution in [0.4, 0.5) is 0 Å². The van der Waals surface area contributed by atoms with Crippen molar-refractivity contribution in [1.29, 1.82) is 0 Å². The lowest BCUT2D eigenvalue weighted by atomic mass is 9.90. The minimum atomic E-state index is -0.248. The lowest BCUT2D eigenvalue weighted by Crippen LogP contribution is -2.35. The lowest BCUT2D eigenvalue weighted by Gasteiger charge is -2.19. The van der Waals surface area contributed by atoms with Gasteiger partial charge in [0.05, 0.1) is 6.04 Å². The zero-order valence-corrected chi connectivity index (χ0v) is 17.9. The van der Waals surface area contributed by atoms with E-state index < -0.39 is 0 Å². The maximum Gasteiger partial charge on any atom is 0.339 e. The number of nitrogens with one attached hydrogen (secondary N) is 1. The van der Waals surface area contributed by atoms with E-state index in [1.807, 2.05) is 36.9 Å². The number of hydrogen-bond acceptors (Lipinski definition) is 5. The predicted octanol–water partition coefficient (Wildman–Crippen LogP) is 3.36. The third kappa shape index (κ3) is 3.73. The lowest BCUT2D eigenvalue weighted by molar-refractivity contribution is -0.124. The summed E-state index contributed by atoms with van der Waals surface area (Å²) < 4.78 is 13.4. The van der Waals surface area contributed by atoms with Gasteiger partial charge in [0.25, 0.3) is 5.91 Å². The van der Waals surface area contributed by atoms with Crippen molar-refractivity contribution >= 4 is 16.9 Å². The highest BCUT2D eigenvalue weighted by Crippen LogP contribution is 2.40. The first-order valence-electron chi connectivity index (χ1n) is 11.0. The summed E-state index contributed by atoms with van der Waals surface area (Å²) in [6.07, 6.45) is 9.60. The van der Waals surface area contributed by atoms with Gasteiger partial charge in [0, 0.05) is 36.0 Å². The van der Waals surface area contributed by atoms with Crippen LogP contribution >= 0.6 is 0 Å². The molecular weight excluding hydrogens is 394 g/mol. The van der Waals surface area contributed by atoms with E-state index in [-0.39, 0.29) is 24.2 Å². The summed E-state index contributed by atoms with van der Waals surface area (Å²) in [4.78, 5) is 29.5. The fraction of sp³-hybridized carbons (Fsp3) is 0.458. The van der Waals surface area contributed by atoms with Crippen molar-refractivity contribution in [3.63, 3.8) is 0 Å². The number of aryl methyl sites for hydroxylation is 3. The summed E-state index contributed by atoms with van der Waals surface area (Å²) in [6, 6.07) is 3.72. The van der Waals surface area contributed by atoms with Crippen molar-refractivity contribution in [2.45, 2.75) is 51.5 Å². The van der Waals surface area contributed by atoms with E-state index in [4.69, 9.17) is 9.15 Å². The number of rotatable bonds is 6. The number of fused-ring (bicyclic) bond motifs is 3. The van der Waals surface area contributed by atoms with Gasteiger partial charge in [-0.15, -0.1) is 0 Å². The van der Waals surface area contributed by atoms with Gasteiger partial charge in [-0.25, -0.2) is 9.78 Å². The van der Waals surface area contributed by atoms with Gasteiger partial charge in [0.1, 0.15) is 17.2 Å². The van der Waals surface area contributed by atoms with Gasteiger partial charge in [-0.1, -0.05) is 0 Å². The molecule has 1 atom stereocenters. The molecule has 5 rings (SSSR count). The SMILES string of the molecule is Cc1c(OCC(=O)NC(c2nccn2C)C2CC2)ccc2c3c(c(=O)oc12)CCCC3. The van der Waals surface area contributed by atoms with Gasteiger partial charge in [0.2, 0.25) is 0 Å². The van der Waals surface area contributed by atoms with E-state index in [0.29, 0.717) is 17.3 Å². The molecule has 1 unspecified atom stereocenters. The second kappa shape index (κ2) is 7.87. The van der Waals surface area contributed by atoms with Crippen LogP contribution in [0.25, 0.3) is 11.0 Å². The van der Waals surface area contributed by atoms with E-state index in [2.05, 4.69) is 10.3 Å². The molecule has 3 aromatic rings. The minimum absolute atomic E-state index is 0.0988. The molecule has 1 aromatic carbocycles. The van der Waals surface area contributed by atoms with Crippen molar-refractivity contribution in [3.8, 4) is 5.75 Å². The molecule has 1 saturated carbocycles. The van der Waals surface area contributed by atoms with E-state index >= 15 is 0 Å². The molecule has 0 spiro atoms. The Kier molecular flexibility index (Phi) is 5.04. The molecular formula is C24H27N3O4. The van der Waals surface area contributed by atoms with Gasteiger partial charge in [-0.05, 0) is 69.1 Å². The van der Waals surface area contributed by atoms with E-state index in [0.717, 1.165) is 66.4 Å². The molecule has 2 heterocycles. The monoisotopic (exact) mass is 421 g/mol. The van der Waals surface area contributed by atoms with Gasteiger partial charge in [-0.2, -0.15) is 0 Å². The number of imidazole rings is 1. The fourth-order valence-electron chi connectivity index (χ4n) is 4.64. The summed E-state index contributed by atoms with van der Waals surface area (Å²) in [6.45, 7) is 1.77. The molecule has 1 N–H and O–H groups in total. The van der Waals surface area contributed by atoms with Crippen LogP contribution in [-0.2, 0) is 24.7 Å². The van der Waals surface area contributed by atoms with Crippen LogP contribution in [0.2, 0.25) is 0 Å². The number of ether oxygens (including phenoxy) is 1. The van der Waals surface area contributed by atoms with Crippen LogP contribution in [0.5, 0.6) is 5.75 Å². The number of hydrogen-bond donors (Lipinski definition) is 1. The molecule has 7 nitrogen and oxygen atoms in total. The van der Waals surface area contributed by atoms with E-state index in [1.165, 1.54) is 0 Å². The highest BCUT2D eigenvalue weighted by atomic mass is 16.5. The van der Waals surface area contributed by atoms with Crippen molar-refractivity contribution in [2.75, 3.05) is 6.61 Å². The molecule has 2 aliphatic rings. The summed E-state index contributed by atoms with van der Waals surface area (Å²) in [5.41, 5.74) is 2.98. The smallest absolute Gasteiger partial charge is 0.339 e. The summed E-state index contributed by atoms with van der Waals surface area (Å²) in [7, 11) is 1.94. The van der Waals surface area contributed by atoms with Crippen LogP contribution in [0.15, 0.2) is 33.7 Å². The Morgan fingerprint density at radius 2 is 2.06 bits per heavy atom. The molecule has 0 saturated heterocycles.